The molecule has 2 aromatic heterocycles. The van der Waals surface area contributed by atoms with Gasteiger partial charge in [-0.25, -0.2) is 0 Å². The van der Waals surface area contributed by atoms with Crippen molar-refractivity contribution in [3.8, 4) is 6.07 Å². The molecule has 7 nitrogen and oxygen atoms in total. The van der Waals surface area contributed by atoms with Gasteiger partial charge in [0, 0.05) is 29.6 Å². The van der Waals surface area contributed by atoms with E-state index in [0.29, 0.717) is 17.8 Å². The number of carbonyl (C=O) groups is 2. The number of nitrogens with zero attached hydrogens (tertiary/aromatic N) is 2. The minimum absolute atomic E-state index is 0.111. The van der Waals surface area contributed by atoms with E-state index < -0.39 is 0 Å². The number of nitrogens with one attached hydrogen (secondary N) is 2. The summed E-state index contributed by atoms with van der Waals surface area (Å²) in [7, 11) is 0. The van der Waals surface area contributed by atoms with Crippen molar-refractivity contribution in [3.05, 3.63) is 59.2 Å². The minimum Gasteiger partial charge on any atom is -0.453 e. The number of carbonyl (C=O) groups excluding carboxylic acids is 2. The van der Waals surface area contributed by atoms with Crippen LogP contribution in [0.4, 0.5) is 0 Å². The Balaban J connectivity index is 1.48. The van der Waals surface area contributed by atoms with E-state index in [-0.39, 0.29) is 29.7 Å². The van der Waals surface area contributed by atoms with Crippen LogP contribution in [0.1, 0.15) is 51.9 Å². The first-order valence-electron chi connectivity index (χ1n) is 9.66. The Hall–Kier alpha value is -3.53. The van der Waals surface area contributed by atoms with E-state index in [1.165, 1.54) is 12.3 Å². The van der Waals surface area contributed by atoms with Crippen LogP contribution in [0.5, 0.6) is 0 Å². The zero-order valence-corrected chi connectivity index (χ0v) is 16.4. The SMILES string of the molecule is Cc1cccc2cc(C(=O)NC(C)[C@@H]3CCCN3C(=O)c3coc(C#N)c3)[nH]c12. The number of fused-ring (bicyclic) bond motifs is 1. The Morgan fingerprint density at radius 3 is 2.93 bits per heavy atom. The van der Waals surface area contributed by atoms with Crippen molar-refractivity contribution in [2.45, 2.75) is 38.8 Å². The molecule has 0 radical (unpaired) electrons. The van der Waals surface area contributed by atoms with E-state index in [4.69, 9.17) is 9.68 Å². The number of hydrogen-bond acceptors (Lipinski definition) is 4. The molecule has 1 unspecified atom stereocenters. The van der Waals surface area contributed by atoms with Gasteiger partial charge in [0.15, 0.2) is 0 Å². The minimum atomic E-state index is -0.219. The Morgan fingerprint density at radius 1 is 1.38 bits per heavy atom. The Kier molecular flexibility index (Phi) is 4.85. The van der Waals surface area contributed by atoms with Crippen molar-refractivity contribution in [1.29, 1.82) is 5.26 Å². The molecule has 1 fully saturated rings. The van der Waals surface area contributed by atoms with Crippen LogP contribution in [0.25, 0.3) is 10.9 Å². The molecule has 4 rings (SSSR count). The number of benzene rings is 1. The second-order valence-corrected chi connectivity index (χ2v) is 7.50. The first kappa shape index (κ1) is 18.8. The van der Waals surface area contributed by atoms with Crippen LogP contribution in [0.2, 0.25) is 0 Å². The standard InChI is InChI=1S/C22H22N4O3/c1-13-5-3-6-15-10-18(25-20(13)15)21(27)24-14(2)19-7-4-8-26(19)22(28)16-9-17(11-23)29-12-16/h3,5-6,9-10,12,14,19,25H,4,7-8H2,1-2H3,(H,24,27)/t14?,19-/m0/s1. The zero-order valence-electron chi connectivity index (χ0n) is 16.4. The van der Waals surface area contributed by atoms with Gasteiger partial charge >= 0.3 is 0 Å². The maximum atomic E-state index is 12.8. The third-order valence-corrected chi connectivity index (χ3v) is 5.56. The van der Waals surface area contributed by atoms with E-state index >= 15 is 0 Å². The molecule has 3 heterocycles. The summed E-state index contributed by atoms with van der Waals surface area (Å²) in [6.07, 6.45) is 2.99. The summed E-state index contributed by atoms with van der Waals surface area (Å²) < 4.78 is 5.07. The van der Waals surface area contributed by atoms with E-state index in [0.717, 1.165) is 29.3 Å². The number of aromatic amines is 1. The first-order valence-corrected chi connectivity index (χ1v) is 9.66. The predicted octanol–water partition coefficient (Wildman–Crippen LogP) is 3.36. The van der Waals surface area contributed by atoms with Crippen molar-refractivity contribution in [2.75, 3.05) is 6.54 Å². The maximum Gasteiger partial charge on any atom is 0.268 e. The molecule has 0 spiro atoms. The third kappa shape index (κ3) is 3.49. The molecule has 1 saturated heterocycles. The number of aromatic nitrogens is 1. The topological polar surface area (TPSA) is 102 Å². The zero-order chi connectivity index (χ0) is 20.5. The summed E-state index contributed by atoms with van der Waals surface area (Å²) in [4.78, 5) is 30.6. The van der Waals surface area contributed by atoms with Gasteiger partial charge in [0.2, 0.25) is 5.76 Å². The van der Waals surface area contributed by atoms with Crippen LogP contribution < -0.4 is 5.32 Å². The van der Waals surface area contributed by atoms with Gasteiger partial charge in [-0.05, 0) is 38.3 Å². The van der Waals surface area contributed by atoms with E-state index in [1.54, 1.807) is 4.90 Å². The number of hydrogen-bond donors (Lipinski definition) is 2. The molecule has 2 N–H and O–H groups in total. The Morgan fingerprint density at radius 2 is 2.21 bits per heavy atom. The van der Waals surface area contributed by atoms with Crippen molar-refractivity contribution in [2.24, 2.45) is 0 Å². The number of aryl methyl sites for hydroxylation is 1. The molecule has 29 heavy (non-hydrogen) atoms. The van der Waals surface area contributed by atoms with Gasteiger partial charge in [-0.2, -0.15) is 5.26 Å². The van der Waals surface area contributed by atoms with E-state index in [1.807, 2.05) is 44.2 Å². The van der Waals surface area contributed by atoms with Gasteiger partial charge < -0.3 is 19.6 Å². The highest BCUT2D eigenvalue weighted by Gasteiger charge is 2.34. The van der Waals surface area contributed by atoms with Gasteiger partial charge in [-0.3, -0.25) is 9.59 Å². The van der Waals surface area contributed by atoms with Gasteiger partial charge in [-0.15, -0.1) is 0 Å². The van der Waals surface area contributed by atoms with Crippen LogP contribution in [0, 0.1) is 18.3 Å². The number of rotatable bonds is 4. The Labute approximate surface area is 168 Å². The first-order chi connectivity index (χ1) is 14.0. The maximum absolute atomic E-state index is 12.8. The van der Waals surface area contributed by atoms with Crippen LogP contribution in [0.15, 0.2) is 41.0 Å². The molecule has 0 aliphatic carbocycles. The lowest BCUT2D eigenvalue weighted by Gasteiger charge is -2.29. The fourth-order valence-electron chi connectivity index (χ4n) is 4.05. The molecular weight excluding hydrogens is 368 g/mol. The summed E-state index contributed by atoms with van der Waals surface area (Å²) >= 11 is 0. The number of para-hydroxylation sites is 1. The van der Waals surface area contributed by atoms with Gasteiger partial charge in [0.25, 0.3) is 11.8 Å². The van der Waals surface area contributed by atoms with Crippen LogP contribution >= 0.6 is 0 Å². The van der Waals surface area contributed by atoms with Crippen molar-refractivity contribution in [3.63, 3.8) is 0 Å². The lowest BCUT2D eigenvalue weighted by molar-refractivity contribution is 0.0692. The van der Waals surface area contributed by atoms with Gasteiger partial charge in [-0.1, -0.05) is 18.2 Å². The van der Waals surface area contributed by atoms with E-state index in [9.17, 15) is 9.59 Å². The third-order valence-electron chi connectivity index (χ3n) is 5.56. The fraction of sp³-hybridized carbons (Fsp3) is 0.318. The van der Waals surface area contributed by atoms with Crippen molar-refractivity contribution in [1.82, 2.24) is 15.2 Å². The molecule has 148 valence electrons. The van der Waals surface area contributed by atoms with Crippen LogP contribution in [-0.2, 0) is 0 Å². The predicted molar refractivity (Wildman–Crippen MR) is 107 cm³/mol. The molecule has 2 amide bonds. The Bertz CT molecular complexity index is 1120. The van der Waals surface area contributed by atoms with Crippen LogP contribution in [0.3, 0.4) is 0 Å². The summed E-state index contributed by atoms with van der Waals surface area (Å²) in [5.74, 6) is -0.262. The average Bonchev–Trinajstić information content (AvgIpc) is 3.46. The second-order valence-electron chi connectivity index (χ2n) is 7.50. The molecule has 1 aliphatic heterocycles. The molecule has 1 aliphatic rings. The highest BCUT2D eigenvalue weighted by molar-refractivity contribution is 5.99. The number of nitriles is 1. The average molecular weight is 390 g/mol. The molecule has 7 heteroatoms. The lowest BCUT2D eigenvalue weighted by atomic mass is 10.1. The molecule has 2 atom stereocenters. The summed E-state index contributed by atoms with van der Waals surface area (Å²) in [5.41, 5.74) is 2.90. The van der Waals surface area contributed by atoms with Crippen molar-refractivity contribution >= 4 is 22.7 Å². The largest absolute Gasteiger partial charge is 0.453 e. The number of likely N-dealkylation sites (tertiary alicyclic amines) is 1. The quantitative estimate of drug-likeness (QED) is 0.713. The van der Waals surface area contributed by atoms with Crippen molar-refractivity contribution < 1.29 is 14.0 Å². The van der Waals surface area contributed by atoms with Crippen LogP contribution in [-0.4, -0.2) is 40.3 Å². The monoisotopic (exact) mass is 390 g/mol. The second kappa shape index (κ2) is 7.47. The van der Waals surface area contributed by atoms with E-state index in [2.05, 4.69) is 10.3 Å². The normalized spacial score (nSPS) is 17.3. The lowest BCUT2D eigenvalue weighted by Crippen LogP contribution is -2.49. The number of furan rings is 1. The summed E-state index contributed by atoms with van der Waals surface area (Å²) in [6.45, 7) is 4.53. The highest BCUT2D eigenvalue weighted by Crippen LogP contribution is 2.24. The fourth-order valence-corrected chi connectivity index (χ4v) is 4.05. The number of amides is 2. The van der Waals surface area contributed by atoms with Gasteiger partial charge in [0.1, 0.15) is 18.0 Å². The molecular formula is C22H22N4O3. The highest BCUT2D eigenvalue weighted by atomic mass is 16.3. The molecule has 0 saturated carbocycles. The number of H-pyrrole nitrogens is 1. The van der Waals surface area contributed by atoms with Gasteiger partial charge in [0.05, 0.1) is 11.6 Å². The summed E-state index contributed by atoms with van der Waals surface area (Å²) in [6, 6.07) is 10.8. The smallest absolute Gasteiger partial charge is 0.268 e. The molecule has 1 aromatic carbocycles. The summed E-state index contributed by atoms with van der Waals surface area (Å²) in [5, 5.41) is 12.9. The molecule has 0 bridgehead atoms. The molecule has 3 aromatic rings.